The van der Waals surface area contributed by atoms with Crippen molar-refractivity contribution in [1.82, 2.24) is 5.32 Å². The molecule has 0 aliphatic heterocycles. The molecule has 2 aromatic carbocycles. The summed E-state index contributed by atoms with van der Waals surface area (Å²) in [6.07, 6.45) is 2.68. The molecular weight excluding hydrogens is 379 g/mol. The number of rotatable bonds is 6. The number of carbonyl (C=O) groups is 3. The van der Waals surface area contributed by atoms with Gasteiger partial charge in [-0.2, -0.15) is 0 Å². The van der Waals surface area contributed by atoms with E-state index in [2.05, 4.69) is 10.6 Å². The van der Waals surface area contributed by atoms with Crippen LogP contribution in [0.15, 0.2) is 77.0 Å². The van der Waals surface area contributed by atoms with Gasteiger partial charge in [-0.15, -0.1) is 0 Å². The van der Waals surface area contributed by atoms with Gasteiger partial charge in [-0.3, -0.25) is 9.59 Å². The van der Waals surface area contributed by atoms with Crippen molar-refractivity contribution in [2.24, 2.45) is 0 Å². The molecular formula is C21H14FN2O5-. The monoisotopic (exact) mass is 393 g/mol. The smallest absolute Gasteiger partial charge is 0.291 e. The summed E-state index contributed by atoms with van der Waals surface area (Å²) in [4.78, 5) is 35.8. The van der Waals surface area contributed by atoms with Crippen molar-refractivity contribution in [2.75, 3.05) is 5.32 Å². The maximum Gasteiger partial charge on any atom is 0.291 e. The molecule has 146 valence electrons. The molecule has 3 aromatic rings. The van der Waals surface area contributed by atoms with Gasteiger partial charge in [-0.25, -0.2) is 4.39 Å². The Hall–Kier alpha value is -4.20. The molecule has 0 aliphatic rings. The lowest BCUT2D eigenvalue weighted by molar-refractivity contribution is -0.255. The van der Waals surface area contributed by atoms with Crippen LogP contribution in [0.3, 0.4) is 0 Å². The molecule has 0 aliphatic carbocycles. The van der Waals surface area contributed by atoms with Gasteiger partial charge in [0.05, 0.1) is 12.2 Å². The molecule has 0 atom stereocenters. The fourth-order valence-electron chi connectivity index (χ4n) is 2.36. The Kier molecular flexibility index (Phi) is 5.84. The molecule has 0 unspecified atom stereocenters. The third-order valence-electron chi connectivity index (χ3n) is 3.80. The number of anilines is 1. The zero-order valence-electron chi connectivity index (χ0n) is 14.8. The minimum atomic E-state index is -1.34. The number of hydrogen-bond acceptors (Lipinski definition) is 5. The van der Waals surface area contributed by atoms with E-state index in [9.17, 15) is 23.9 Å². The van der Waals surface area contributed by atoms with Crippen molar-refractivity contribution >= 4 is 29.5 Å². The van der Waals surface area contributed by atoms with Crippen LogP contribution < -0.4 is 15.7 Å². The Bertz CT molecular complexity index is 1060. The zero-order valence-corrected chi connectivity index (χ0v) is 14.8. The van der Waals surface area contributed by atoms with Gasteiger partial charge in [0.1, 0.15) is 11.5 Å². The largest absolute Gasteiger partial charge is 0.545 e. The molecule has 1 heterocycles. The van der Waals surface area contributed by atoms with Crippen LogP contribution in [0, 0.1) is 5.82 Å². The van der Waals surface area contributed by atoms with Crippen LogP contribution in [0.1, 0.15) is 26.5 Å². The summed E-state index contributed by atoms with van der Waals surface area (Å²) in [5.74, 6) is -3.10. The molecule has 1 aromatic heterocycles. The van der Waals surface area contributed by atoms with E-state index in [1.165, 1.54) is 73.0 Å². The van der Waals surface area contributed by atoms with Gasteiger partial charge in [0.2, 0.25) is 0 Å². The van der Waals surface area contributed by atoms with Crippen LogP contribution in [0.25, 0.3) is 6.08 Å². The number of nitrogens with one attached hydrogen (secondary N) is 2. The van der Waals surface area contributed by atoms with E-state index in [4.69, 9.17) is 4.42 Å². The number of furan rings is 1. The number of benzene rings is 2. The quantitative estimate of drug-likeness (QED) is 0.624. The Morgan fingerprint density at radius 3 is 2.24 bits per heavy atom. The summed E-state index contributed by atoms with van der Waals surface area (Å²) < 4.78 is 18.1. The van der Waals surface area contributed by atoms with Crippen molar-refractivity contribution < 1.29 is 28.3 Å². The van der Waals surface area contributed by atoms with Crippen molar-refractivity contribution in [3.8, 4) is 0 Å². The summed E-state index contributed by atoms with van der Waals surface area (Å²) in [5, 5.41) is 15.8. The third kappa shape index (κ3) is 5.16. The summed E-state index contributed by atoms with van der Waals surface area (Å²) in [5.41, 5.74) is 0.610. The topological polar surface area (TPSA) is 111 Å². The Morgan fingerprint density at radius 2 is 1.66 bits per heavy atom. The number of amides is 2. The van der Waals surface area contributed by atoms with E-state index < -0.39 is 23.6 Å². The van der Waals surface area contributed by atoms with Crippen LogP contribution in [-0.2, 0) is 4.79 Å². The fourth-order valence-corrected chi connectivity index (χ4v) is 2.36. The molecule has 3 rings (SSSR count). The molecule has 2 N–H and O–H groups in total. The summed E-state index contributed by atoms with van der Waals surface area (Å²) >= 11 is 0. The first kappa shape index (κ1) is 19.6. The van der Waals surface area contributed by atoms with Gasteiger partial charge < -0.3 is 25.0 Å². The predicted octanol–water partition coefficient (Wildman–Crippen LogP) is 2.19. The van der Waals surface area contributed by atoms with Crippen molar-refractivity contribution in [2.45, 2.75) is 0 Å². The minimum Gasteiger partial charge on any atom is -0.545 e. The Balaban J connectivity index is 1.84. The molecule has 0 saturated carbocycles. The first-order valence-corrected chi connectivity index (χ1v) is 8.37. The van der Waals surface area contributed by atoms with Gasteiger partial charge in [0.15, 0.2) is 5.76 Å². The number of halogens is 1. The first-order valence-electron chi connectivity index (χ1n) is 8.37. The Morgan fingerprint density at radius 1 is 0.966 bits per heavy atom. The highest BCUT2D eigenvalue weighted by molar-refractivity contribution is 6.10. The van der Waals surface area contributed by atoms with Crippen LogP contribution >= 0.6 is 0 Å². The van der Waals surface area contributed by atoms with Crippen LogP contribution in [-0.4, -0.2) is 17.8 Å². The third-order valence-corrected chi connectivity index (χ3v) is 3.80. The first-order chi connectivity index (χ1) is 13.9. The van der Waals surface area contributed by atoms with E-state index in [0.29, 0.717) is 11.3 Å². The number of hydrogen-bond donors (Lipinski definition) is 2. The second-order valence-electron chi connectivity index (χ2n) is 5.86. The highest BCUT2D eigenvalue weighted by Gasteiger charge is 2.16. The summed E-state index contributed by atoms with van der Waals surface area (Å²) in [6.45, 7) is 0. The molecule has 0 radical (unpaired) electrons. The number of carboxylic acids is 1. The minimum absolute atomic E-state index is 0.00103. The molecule has 29 heavy (non-hydrogen) atoms. The van der Waals surface area contributed by atoms with Crippen molar-refractivity contribution in [3.05, 3.63) is 95.3 Å². The van der Waals surface area contributed by atoms with Gasteiger partial charge in [0, 0.05) is 5.69 Å². The molecule has 0 fully saturated rings. The second-order valence-corrected chi connectivity index (χ2v) is 5.86. The highest BCUT2D eigenvalue weighted by Crippen LogP contribution is 2.13. The standard InChI is InChI=1S/C21H15FN2O5/c22-15-7-3-13(4-8-15)12-17(24-20(26)18-2-1-11-29-18)19(25)23-16-9-5-14(6-10-16)21(27)28/h1-12H,(H,23,25)(H,24,26)(H,27,28)/p-1/b17-12+. The average molecular weight is 393 g/mol. The van der Waals surface area contributed by atoms with Crippen molar-refractivity contribution in [1.29, 1.82) is 0 Å². The molecule has 2 amide bonds. The van der Waals surface area contributed by atoms with E-state index in [-0.39, 0.29) is 17.0 Å². The number of carboxylic acid groups (broad SMARTS) is 1. The van der Waals surface area contributed by atoms with Gasteiger partial charge >= 0.3 is 0 Å². The Labute approximate surface area is 164 Å². The molecule has 0 saturated heterocycles. The van der Waals surface area contributed by atoms with E-state index in [1.807, 2.05) is 0 Å². The maximum atomic E-state index is 13.1. The van der Waals surface area contributed by atoms with Crippen LogP contribution in [0.4, 0.5) is 10.1 Å². The molecule has 7 nitrogen and oxygen atoms in total. The molecule has 8 heteroatoms. The lowest BCUT2D eigenvalue weighted by Crippen LogP contribution is -2.30. The van der Waals surface area contributed by atoms with Gasteiger partial charge in [-0.1, -0.05) is 24.3 Å². The normalized spacial score (nSPS) is 11.0. The lowest BCUT2D eigenvalue weighted by Gasteiger charge is -2.11. The molecule has 0 spiro atoms. The fraction of sp³-hybridized carbons (Fsp3) is 0. The van der Waals surface area contributed by atoms with Gasteiger partial charge in [0.25, 0.3) is 11.8 Å². The summed E-state index contributed by atoms with van der Waals surface area (Å²) in [6, 6.07) is 13.6. The molecule has 0 bridgehead atoms. The maximum absolute atomic E-state index is 13.1. The number of aromatic carboxylic acids is 1. The van der Waals surface area contributed by atoms with Gasteiger partial charge in [-0.05, 0) is 53.6 Å². The van der Waals surface area contributed by atoms with Crippen molar-refractivity contribution in [3.63, 3.8) is 0 Å². The van der Waals surface area contributed by atoms with E-state index >= 15 is 0 Å². The number of carbonyl (C=O) groups excluding carboxylic acids is 3. The van der Waals surface area contributed by atoms with E-state index in [0.717, 1.165) is 0 Å². The van der Waals surface area contributed by atoms with Crippen LogP contribution in [0.5, 0.6) is 0 Å². The SMILES string of the molecule is O=C(Nc1ccc(C(=O)[O-])cc1)/C(=C\c1ccc(F)cc1)NC(=O)c1ccco1. The predicted molar refractivity (Wildman–Crippen MR) is 100.0 cm³/mol. The van der Waals surface area contributed by atoms with Crippen LogP contribution in [0.2, 0.25) is 0 Å². The zero-order chi connectivity index (χ0) is 20.8. The van der Waals surface area contributed by atoms with E-state index in [1.54, 1.807) is 0 Å². The summed E-state index contributed by atoms with van der Waals surface area (Å²) in [7, 11) is 0. The lowest BCUT2D eigenvalue weighted by atomic mass is 10.1. The average Bonchev–Trinajstić information content (AvgIpc) is 3.24. The highest BCUT2D eigenvalue weighted by atomic mass is 19.1. The second kappa shape index (κ2) is 8.66.